The van der Waals surface area contributed by atoms with Crippen molar-refractivity contribution in [2.24, 2.45) is 0 Å². The third-order valence-corrected chi connectivity index (χ3v) is 6.62. The van der Waals surface area contributed by atoms with Crippen LogP contribution < -0.4 is 14.8 Å². The fraction of sp³-hybridized carbons (Fsp3) is 0.333. The van der Waals surface area contributed by atoms with Gasteiger partial charge in [0.05, 0.1) is 30.2 Å². The van der Waals surface area contributed by atoms with Crippen LogP contribution in [0.3, 0.4) is 0 Å². The molecule has 6 nitrogen and oxygen atoms in total. The highest BCUT2D eigenvalue weighted by atomic mass is 35.5. The average molecular weight is 433 g/mol. The molecule has 27 heavy (non-hydrogen) atoms. The third-order valence-electron chi connectivity index (χ3n) is 4.42. The van der Waals surface area contributed by atoms with E-state index in [1.54, 1.807) is 13.2 Å². The molecule has 0 saturated carbocycles. The molecule has 2 aromatic rings. The summed E-state index contributed by atoms with van der Waals surface area (Å²) in [6.45, 7) is 1.44. The first-order valence-electron chi connectivity index (χ1n) is 8.18. The number of hydrogen-bond donors (Lipinski definition) is 1. The van der Waals surface area contributed by atoms with Crippen LogP contribution in [0.2, 0.25) is 5.02 Å². The minimum atomic E-state index is -3.73. The molecule has 2 aromatic carbocycles. The Hall–Kier alpha value is -1.51. The number of methoxy groups -OCH3 is 2. The molecule has 1 aliphatic rings. The number of halogens is 2. The molecule has 3 rings (SSSR count). The molecule has 1 unspecified atom stereocenters. The van der Waals surface area contributed by atoms with Gasteiger partial charge in [-0.1, -0.05) is 29.8 Å². The molecule has 0 aliphatic carbocycles. The van der Waals surface area contributed by atoms with Crippen LogP contribution in [0.4, 0.5) is 0 Å². The van der Waals surface area contributed by atoms with E-state index < -0.39 is 10.0 Å². The highest BCUT2D eigenvalue weighted by Gasteiger charge is 2.36. The van der Waals surface area contributed by atoms with Crippen LogP contribution in [-0.2, 0) is 10.0 Å². The second-order valence-corrected chi connectivity index (χ2v) is 8.17. The number of rotatable bonds is 5. The van der Waals surface area contributed by atoms with Crippen molar-refractivity contribution in [3.05, 3.63) is 53.1 Å². The molecule has 1 fully saturated rings. The molecule has 1 heterocycles. The van der Waals surface area contributed by atoms with Gasteiger partial charge in [-0.25, -0.2) is 8.42 Å². The summed E-state index contributed by atoms with van der Waals surface area (Å²) < 4.78 is 38.6. The van der Waals surface area contributed by atoms with Crippen LogP contribution in [0.1, 0.15) is 11.6 Å². The van der Waals surface area contributed by atoms with Crippen LogP contribution in [0.15, 0.2) is 47.4 Å². The quantitative estimate of drug-likeness (QED) is 0.785. The van der Waals surface area contributed by atoms with E-state index in [-0.39, 0.29) is 28.4 Å². The van der Waals surface area contributed by atoms with Gasteiger partial charge in [0.2, 0.25) is 10.0 Å². The van der Waals surface area contributed by atoms with Crippen LogP contribution >= 0.6 is 24.0 Å². The Balaban J connectivity index is 0.00000261. The zero-order valence-corrected chi connectivity index (χ0v) is 17.4. The summed E-state index contributed by atoms with van der Waals surface area (Å²) in [5.41, 5.74) is 0.824. The number of ether oxygens (including phenoxy) is 2. The monoisotopic (exact) mass is 432 g/mol. The Morgan fingerprint density at radius 2 is 1.81 bits per heavy atom. The molecule has 0 aromatic heterocycles. The largest absolute Gasteiger partial charge is 0.496 e. The smallest absolute Gasteiger partial charge is 0.243 e. The number of nitrogens with one attached hydrogen (secondary N) is 1. The van der Waals surface area contributed by atoms with Gasteiger partial charge >= 0.3 is 0 Å². The number of hydrogen-bond acceptors (Lipinski definition) is 5. The Labute approximate surface area is 170 Å². The van der Waals surface area contributed by atoms with Crippen molar-refractivity contribution in [2.45, 2.75) is 10.9 Å². The molecular weight excluding hydrogens is 411 g/mol. The van der Waals surface area contributed by atoms with E-state index in [9.17, 15) is 8.42 Å². The second kappa shape index (κ2) is 9.12. The lowest BCUT2D eigenvalue weighted by Crippen LogP contribution is -2.48. The number of piperazine rings is 1. The summed E-state index contributed by atoms with van der Waals surface area (Å²) in [6, 6.07) is 11.6. The Kier molecular flexibility index (Phi) is 7.36. The summed E-state index contributed by atoms with van der Waals surface area (Å²) >= 11 is 6.14. The van der Waals surface area contributed by atoms with Gasteiger partial charge in [0.1, 0.15) is 11.5 Å². The fourth-order valence-corrected chi connectivity index (χ4v) is 5.08. The van der Waals surface area contributed by atoms with E-state index in [1.165, 1.54) is 23.5 Å². The van der Waals surface area contributed by atoms with Crippen molar-refractivity contribution >= 4 is 34.0 Å². The summed E-state index contributed by atoms with van der Waals surface area (Å²) in [5.74, 6) is 1.10. The van der Waals surface area contributed by atoms with Crippen LogP contribution in [0.5, 0.6) is 11.5 Å². The molecule has 1 aliphatic heterocycles. The van der Waals surface area contributed by atoms with Crippen molar-refractivity contribution in [3.8, 4) is 11.5 Å². The summed E-state index contributed by atoms with van der Waals surface area (Å²) in [4.78, 5) is 0.144. The van der Waals surface area contributed by atoms with Gasteiger partial charge in [-0.2, -0.15) is 4.31 Å². The van der Waals surface area contributed by atoms with Crippen molar-refractivity contribution in [1.82, 2.24) is 9.62 Å². The Morgan fingerprint density at radius 1 is 1.11 bits per heavy atom. The van der Waals surface area contributed by atoms with Gasteiger partial charge in [-0.05, 0) is 24.3 Å². The molecule has 0 amide bonds. The SMILES string of the molecule is COc1ccc(S(=O)(=O)N2CCNCC2c2ccccc2OC)cc1Cl.Cl. The minimum absolute atomic E-state index is 0. The first-order valence-corrected chi connectivity index (χ1v) is 10.00. The maximum absolute atomic E-state index is 13.3. The van der Waals surface area contributed by atoms with Crippen LogP contribution in [-0.4, -0.2) is 46.6 Å². The normalized spacial score (nSPS) is 17.8. The second-order valence-electron chi connectivity index (χ2n) is 5.87. The molecule has 1 atom stereocenters. The molecule has 0 spiro atoms. The summed E-state index contributed by atoms with van der Waals surface area (Å²) in [6.07, 6.45) is 0. The lowest BCUT2D eigenvalue weighted by Gasteiger charge is -2.36. The molecular formula is C18H22Cl2N2O4S. The Bertz CT molecular complexity index is 893. The molecule has 0 radical (unpaired) electrons. The van der Waals surface area contributed by atoms with Crippen LogP contribution in [0, 0.1) is 0 Å². The first-order chi connectivity index (χ1) is 12.5. The van der Waals surface area contributed by atoms with Crippen molar-refractivity contribution in [1.29, 1.82) is 0 Å². The van der Waals surface area contributed by atoms with Gasteiger partial charge in [0.15, 0.2) is 0 Å². The molecule has 148 valence electrons. The van der Waals surface area contributed by atoms with E-state index >= 15 is 0 Å². The lowest BCUT2D eigenvalue weighted by molar-refractivity contribution is 0.264. The zero-order chi connectivity index (χ0) is 18.7. The zero-order valence-electron chi connectivity index (χ0n) is 15.0. The van der Waals surface area contributed by atoms with Crippen molar-refractivity contribution in [2.75, 3.05) is 33.9 Å². The molecule has 1 N–H and O–H groups in total. The first kappa shape index (κ1) is 21.8. The van der Waals surface area contributed by atoms with E-state index in [4.69, 9.17) is 21.1 Å². The number of sulfonamides is 1. The topological polar surface area (TPSA) is 67.9 Å². The fourth-order valence-electron chi connectivity index (χ4n) is 3.12. The molecule has 0 bridgehead atoms. The third kappa shape index (κ3) is 4.33. The lowest BCUT2D eigenvalue weighted by atomic mass is 10.0. The number of nitrogens with zero attached hydrogens (tertiary/aromatic N) is 1. The number of para-hydroxylation sites is 1. The highest BCUT2D eigenvalue weighted by molar-refractivity contribution is 7.89. The van der Waals surface area contributed by atoms with Gasteiger partial charge in [0.25, 0.3) is 0 Å². The van der Waals surface area contributed by atoms with Gasteiger partial charge in [-0.15, -0.1) is 12.4 Å². The Morgan fingerprint density at radius 3 is 2.48 bits per heavy atom. The van der Waals surface area contributed by atoms with Gasteiger partial charge in [-0.3, -0.25) is 0 Å². The van der Waals surface area contributed by atoms with Crippen molar-refractivity contribution < 1.29 is 17.9 Å². The van der Waals surface area contributed by atoms with Crippen LogP contribution in [0.25, 0.3) is 0 Å². The molecule has 9 heteroatoms. The summed E-state index contributed by atoms with van der Waals surface area (Å²) in [5, 5.41) is 3.52. The van der Waals surface area contributed by atoms with E-state index in [0.29, 0.717) is 31.1 Å². The maximum atomic E-state index is 13.3. The maximum Gasteiger partial charge on any atom is 0.243 e. The van der Waals surface area contributed by atoms with E-state index in [1.807, 2.05) is 24.3 Å². The van der Waals surface area contributed by atoms with E-state index in [0.717, 1.165) is 5.56 Å². The average Bonchev–Trinajstić information content (AvgIpc) is 2.67. The molecule has 1 saturated heterocycles. The highest BCUT2D eigenvalue weighted by Crippen LogP contribution is 2.35. The van der Waals surface area contributed by atoms with E-state index in [2.05, 4.69) is 5.32 Å². The van der Waals surface area contributed by atoms with Gasteiger partial charge < -0.3 is 14.8 Å². The predicted octanol–water partition coefficient (Wildman–Crippen LogP) is 3.11. The standard InChI is InChI=1S/C18H21ClN2O4S.ClH/c1-24-17-6-4-3-5-14(17)16-12-20-9-10-21(16)26(22,23)13-7-8-18(25-2)15(19)11-13;/h3-8,11,16,20H,9-10,12H2,1-2H3;1H. The predicted molar refractivity (Wildman–Crippen MR) is 108 cm³/mol. The number of benzene rings is 2. The summed E-state index contributed by atoms with van der Waals surface area (Å²) in [7, 11) is -0.664. The van der Waals surface area contributed by atoms with Crippen molar-refractivity contribution in [3.63, 3.8) is 0 Å². The minimum Gasteiger partial charge on any atom is -0.496 e. The van der Waals surface area contributed by atoms with Gasteiger partial charge in [0, 0.05) is 25.2 Å².